The van der Waals surface area contributed by atoms with Gasteiger partial charge in [-0.15, -0.1) is 5.10 Å². The van der Waals surface area contributed by atoms with E-state index in [1.54, 1.807) is 16.8 Å². The number of rotatable bonds is 3. The van der Waals surface area contributed by atoms with Crippen LogP contribution in [0.4, 0.5) is 10.1 Å². The molecule has 0 radical (unpaired) electrons. The third-order valence-corrected chi connectivity index (χ3v) is 4.47. The van der Waals surface area contributed by atoms with Gasteiger partial charge in [-0.3, -0.25) is 0 Å². The molecule has 1 aliphatic rings. The molecule has 1 saturated carbocycles. The summed E-state index contributed by atoms with van der Waals surface area (Å²) >= 11 is 0. The van der Waals surface area contributed by atoms with Crippen molar-refractivity contribution in [2.24, 2.45) is 5.92 Å². The van der Waals surface area contributed by atoms with Crippen LogP contribution in [0.15, 0.2) is 18.2 Å². The number of aromatic nitrogens is 4. The normalized spacial score (nSPS) is 22.4. The van der Waals surface area contributed by atoms with Crippen LogP contribution in [0, 0.1) is 11.7 Å². The van der Waals surface area contributed by atoms with E-state index in [0.717, 1.165) is 18.8 Å². The number of nitrogens with zero attached hydrogens (tertiary/aromatic N) is 4. The summed E-state index contributed by atoms with van der Waals surface area (Å²) in [4.78, 5) is 0. The molecule has 1 aromatic heterocycles. The zero-order valence-corrected chi connectivity index (χ0v) is 12.2. The fourth-order valence-corrected chi connectivity index (χ4v) is 3.13. The van der Waals surface area contributed by atoms with Gasteiger partial charge in [-0.2, -0.15) is 0 Å². The largest absolute Gasteiger partial charge is 0.399 e. The second-order valence-electron chi connectivity index (χ2n) is 5.77. The number of hydrogen-bond donors (Lipinski definition) is 1. The van der Waals surface area contributed by atoms with Crippen LogP contribution in [0.5, 0.6) is 0 Å². The van der Waals surface area contributed by atoms with E-state index in [1.165, 1.54) is 25.3 Å². The summed E-state index contributed by atoms with van der Waals surface area (Å²) < 4.78 is 15.9. The standard InChI is InChI=1S/C15H20FN5/c1-2-10-3-6-12(7-4-10)21-15(18-19-20-21)13-8-5-11(17)9-14(13)16/h5,8-10,12H,2-4,6-7,17H2,1H3. The van der Waals surface area contributed by atoms with Gasteiger partial charge < -0.3 is 5.73 Å². The van der Waals surface area contributed by atoms with E-state index in [0.29, 0.717) is 17.1 Å². The first-order chi connectivity index (χ1) is 10.2. The molecule has 0 unspecified atom stereocenters. The second kappa shape index (κ2) is 5.79. The van der Waals surface area contributed by atoms with Crippen LogP contribution in [0.3, 0.4) is 0 Å². The lowest BCUT2D eigenvalue weighted by molar-refractivity contribution is 0.255. The van der Waals surface area contributed by atoms with Gasteiger partial charge >= 0.3 is 0 Å². The highest BCUT2D eigenvalue weighted by Crippen LogP contribution is 2.35. The van der Waals surface area contributed by atoms with E-state index in [-0.39, 0.29) is 11.9 Å². The summed E-state index contributed by atoms with van der Waals surface area (Å²) in [5.74, 6) is 0.912. The first kappa shape index (κ1) is 14.0. The molecule has 0 aliphatic heterocycles. The molecular formula is C15H20FN5. The predicted molar refractivity (Wildman–Crippen MR) is 78.9 cm³/mol. The van der Waals surface area contributed by atoms with Gasteiger partial charge in [0, 0.05) is 5.69 Å². The molecule has 3 rings (SSSR count). The minimum absolute atomic E-state index is 0.259. The minimum Gasteiger partial charge on any atom is -0.399 e. The van der Waals surface area contributed by atoms with Crippen molar-refractivity contribution in [3.63, 3.8) is 0 Å². The summed E-state index contributed by atoms with van der Waals surface area (Å²) in [6, 6.07) is 4.88. The van der Waals surface area contributed by atoms with Crippen LogP contribution >= 0.6 is 0 Å². The average molecular weight is 289 g/mol. The lowest BCUT2D eigenvalue weighted by atomic mass is 9.84. The van der Waals surface area contributed by atoms with E-state index >= 15 is 0 Å². The van der Waals surface area contributed by atoms with E-state index in [1.807, 2.05) is 0 Å². The first-order valence-electron chi connectivity index (χ1n) is 7.52. The fourth-order valence-electron chi connectivity index (χ4n) is 3.13. The highest BCUT2D eigenvalue weighted by atomic mass is 19.1. The third kappa shape index (κ3) is 2.75. The van der Waals surface area contributed by atoms with Gasteiger partial charge in [0.2, 0.25) is 0 Å². The Kier molecular flexibility index (Phi) is 3.86. The molecule has 21 heavy (non-hydrogen) atoms. The number of anilines is 1. The molecule has 0 atom stereocenters. The predicted octanol–water partition coefficient (Wildman–Crippen LogP) is 3.20. The zero-order chi connectivity index (χ0) is 14.8. The first-order valence-corrected chi connectivity index (χ1v) is 7.52. The van der Waals surface area contributed by atoms with Gasteiger partial charge in [-0.1, -0.05) is 13.3 Å². The maximum atomic E-state index is 14.1. The van der Waals surface area contributed by atoms with Gasteiger partial charge in [-0.25, -0.2) is 9.07 Å². The lowest BCUT2D eigenvalue weighted by Crippen LogP contribution is -2.20. The maximum absolute atomic E-state index is 14.1. The Morgan fingerprint density at radius 2 is 2.05 bits per heavy atom. The van der Waals surface area contributed by atoms with Crippen LogP contribution in [0.1, 0.15) is 45.1 Å². The van der Waals surface area contributed by atoms with Crippen LogP contribution in [-0.4, -0.2) is 20.2 Å². The second-order valence-corrected chi connectivity index (χ2v) is 5.77. The molecule has 0 amide bonds. The van der Waals surface area contributed by atoms with Crippen molar-refractivity contribution >= 4 is 5.69 Å². The molecule has 5 nitrogen and oxygen atoms in total. The number of hydrogen-bond acceptors (Lipinski definition) is 4. The quantitative estimate of drug-likeness (QED) is 0.881. The van der Waals surface area contributed by atoms with Crippen LogP contribution < -0.4 is 5.73 Å². The van der Waals surface area contributed by atoms with E-state index in [2.05, 4.69) is 22.4 Å². The van der Waals surface area contributed by atoms with Gasteiger partial charge in [0.1, 0.15) is 5.82 Å². The Morgan fingerprint density at radius 3 is 2.71 bits per heavy atom. The summed E-state index contributed by atoms with van der Waals surface area (Å²) in [5, 5.41) is 11.8. The topological polar surface area (TPSA) is 69.6 Å². The summed E-state index contributed by atoms with van der Waals surface area (Å²) in [6.07, 6.45) is 5.69. The number of nitrogen functional groups attached to an aromatic ring is 1. The Balaban J connectivity index is 1.87. The van der Waals surface area contributed by atoms with Crippen molar-refractivity contribution in [3.05, 3.63) is 24.0 Å². The fraction of sp³-hybridized carbons (Fsp3) is 0.533. The molecule has 6 heteroatoms. The Labute approximate surface area is 123 Å². The summed E-state index contributed by atoms with van der Waals surface area (Å²) in [7, 11) is 0. The molecule has 0 bridgehead atoms. The van der Waals surface area contributed by atoms with Crippen molar-refractivity contribution in [2.75, 3.05) is 5.73 Å². The lowest BCUT2D eigenvalue weighted by Gasteiger charge is -2.28. The van der Waals surface area contributed by atoms with Crippen molar-refractivity contribution in [3.8, 4) is 11.4 Å². The van der Waals surface area contributed by atoms with Gasteiger partial charge in [0.15, 0.2) is 5.82 Å². The van der Waals surface area contributed by atoms with E-state index in [4.69, 9.17) is 5.73 Å². The molecule has 0 saturated heterocycles. The monoisotopic (exact) mass is 289 g/mol. The number of tetrazole rings is 1. The molecule has 1 aliphatic carbocycles. The van der Waals surface area contributed by atoms with Crippen LogP contribution in [0.2, 0.25) is 0 Å². The van der Waals surface area contributed by atoms with Crippen molar-refractivity contribution in [1.82, 2.24) is 20.2 Å². The van der Waals surface area contributed by atoms with Crippen LogP contribution in [0.25, 0.3) is 11.4 Å². The highest BCUT2D eigenvalue weighted by molar-refractivity contribution is 5.59. The number of benzene rings is 1. The van der Waals surface area contributed by atoms with Gasteiger partial charge in [0.05, 0.1) is 11.6 Å². The molecule has 0 spiro atoms. The third-order valence-electron chi connectivity index (χ3n) is 4.47. The minimum atomic E-state index is -0.381. The Hall–Kier alpha value is -1.98. The average Bonchev–Trinajstić information content (AvgIpc) is 2.96. The van der Waals surface area contributed by atoms with Crippen LogP contribution in [-0.2, 0) is 0 Å². The molecule has 2 N–H and O–H groups in total. The molecule has 2 aromatic rings. The number of nitrogens with two attached hydrogens (primary N) is 1. The van der Waals surface area contributed by atoms with Crippen molar-refractivity contribution < 1.29 is 4.39 Å². The highest BCUT2D eigenvalue weighted by Gasteiger charge is 2.25. The SMILES string of the molecule is CCC1CCC(n2nnnc2-c2ccc(N)cc2F)CC1. The molecule has 1 heterocycles. The van der Waals surface area contributed by atoms with Gasteiger partial charge in [0.25, 0.3) is 0 Å². The number of halogens is 1. The Bertz CT molecular complexity index is 616. The molecular weight excluding hydrogens is 269 g/mol. The molecule has 1 aromatic carbocycles. The smallest absolute Gasteiger partial charge is 0.185 e. The Morgan fingerprint density at radius 1 is 1.29 bits per heavy atom. The zero-order valence-electron chi connectivity index (χ0n) is 12.2. The van der Waals surface area contributed by atoms with Crippen molar-refractivity contribution in [1.29, 1.82) is 0 Å². The van der Waals surface area contributed by atoms with Crippen molar-refractivity contribution in [2.45, 2.75) is 45.1 Å². The molecule has 112 valence electrons. The van der Waals surface area contributed by atoms with E-state index < -0.39 is 0 Å². The maximum Gasteiger partial charge on any atom is 0.185 e. The summed E-state index contributed by atoms with van der Waals surface area (Å²) in [5.41, 5.74) is 6.40. The summed E-state index contributed by atoms with van der Waals surface area (Å²) in [6.45, 7) is 2.23. The van der Waals surface area contributed by atoms with E-state index in [9.17, 15) is 4.39 Å². The van der Waals surface area contributed by atoms with Gasteiger partial charge in [-0.05, 0) is 60.2 Å². The molecule has 1 fully saturated rings.